The van der Waals surface area contributed by atoms with E-state index in [1.807, 2.05) is 61.5 Å². The molecule has 0 saturated heterocycles. The third-order valence-electron chi connectivity index (χ3n) is 4.74. The van der Waals surface area contributed by atoms with E-state index >= 15 is 0 Å². The molecule has 0 fully saturated rings. The number of hydrogen-bond donors (Lipinski definition) is 1. The normalized spacial score (nSPS) is 11.3. The molecule has 0 atom stereocenters. The largest absolute Gasteiger partial charge is 0.439 e. The van der Waals surface area contributed by atoms with Crippen molar-refractivity contribution < 1.29 is 13.2 Å². The Morgan fingerprint density at radius 1 is 0.839 bits per heavy atom. The second-order valence-electron chi connectivity index (χ2n) is 7.14. The number of ether oxygens (including phenoxy) is 1. The molecule has 0 aliphatic rings. The number of benzene rings is 3. The van der Waals surface area contributed by atoms with Crippen LogP contribution in [-0.2, 0) is 16.6 Å². The van der Waals surface area contributed by atoms with Crippen molar-refractivity contribution in [2.75, 3.05) is 0 Å². The maximum Gasteiger partial charge on any atom is 0.240 e. The van der Waals surface area contributed by atoms with Gasteiger partial charge in [-0.15, -0.1) is 0 Å². The van der Waals surface area contributed by atoms with Crippen LogP contribution in [0.1, 0.15) is 11.1 Å². The molecule has 0 bridgehead atoms. The number of aryl methyl sites for hydroxylation is 1. The van der Waals surface area contributed by atoms with E-state index < -0.39 is 10.0 Å². The van der Waals surface area contributed by atoms with Crippen LogP contribution in [0.15, 0.2) is 102 Å². The molecule has 1 heterocycles. The molecule has 0 amide bonds. The van der Waals surface area contributed by atoms with Crippen molar-refractivity contribution in [1.29, 1.82) is 0 Å². The summed E-state index contributed by atoms with van der Waals surface area (Å²) in [5, 5.41) is 0. The first-order valence-electron chi connectivity index (χ1n) is 9.84. The summed E-state index contributed by atoms with van der Waals surface area (Å²) in [6, 6.07) is 27.7. The van der Waals surface area contributed by atoms with Crippen LogP contribution in [0.5, 0.6) is 11.6 Å². The zero-order valence-electron chi connectivity index (χ0n) is 17.0. The molecular formula is C25H22N2O3S. The highest BCUT2D eigenvalue weighted by Crippen LogP contribution is 2.23. The standard InChI is InChI=1S/C25H22N2O3S/c1-19-6-4-8-22(16-19)21-11-13-24(14-12-21)31(28,29)27-18-20-7-5-9-23(17-20)30-25-10-2-3-15-26-25/h2-17,27H,18H2,1H3. The summed E-state index contributed by atoms with van der Waals surface area (Å²) in [6.45, 7) is 2.18. The summed E-state index contributed by atoms with van der Waals surface area (Å²) >= 11 is 0. The van der Waals surface area contributed by atoms with Gasteiger partial charge in [-0.25, -0.2) is 18.1 Å². The van der Waals surface area contributed by atoms with Gasteiger partial charge in [0.25, 0.3) is 0 Å². The number of aromatic nitrogens is 1. The van der Waals surface area contributed by atoms with E-state index in [2.05, 4.69) is 15.8 Å². The predicted molar refractivity (Wildman–Crippen MR) is 121 cm³/mol. The Bertz CT molecular complexity index is 1270. The first kappa shape index (κ1) is 20.8. The summed E-state index contributed by atoms with van der Waals surface area (Å²) in [6.07, 6.45) is 1.65. The van der Waals surface area contributed by atoms with Gasteiger partial charge in [0.2, 0.25) is 15.9 Å². The van der Waals surface area contributed by atoms with Crippen LogP contribution in [0.4, 0.5) is 0 Å². The van der Waals surface area contributed by atoms with Gasteiger partial charge in [-0.1, -0.05) is 60.2 Å². The van der Waals surface area contributed by atoms with Gasteiger partial charge in [0, 0.05) is 18.8 Å². The van der Waals surface area contributed by atoms with Crippen molar-refractivity contribution in [2.24, 2.45) is 0 Å². The van der Waals surface area contributed by atoms with Gasteiger partial charge in [0.15, 0.2) is 0 Å². The van der Waals surface area contributed by atoms with E-state index in [0.29, 0.717) is 11.6 Å². The predicted octanol–water partition coefficient (Wildman–Crippen LogP) is 5.33. The first-order valence-corrected chi connectivity index (χ1v) is 11.3. The van der Waals surface area contributed by atoms with E-state index in [1.165, 1.54) is 0 Å². The Morgan fingerprint density at radius 2 is 1.65 bits per heavy atom. The molecule has 6 heteroatoms. The summed E-state index contributed by atoms with van der Waals surface area (Å²) in [5.74, 6) is 1.08. The minimum atomic E-state index is -3.64. The lowest BCUT2D eigenvalue weighted by atomic mass is 10.0. The third-order valence-corrected chi connectivity index (χ3v) is 6.16. The minimum Gasteiger partial charge on any atom is -0.439 e. The maximum atomic E-state index is 12.7. The molecule has 0 unspecified atom stereocenters. The van der Waals surface area contributed by atoms with Crippen molar-refractivity contribution in [3.05, 3.63) is 108 Å². The highest BCUT2D eigenvalue weighted by Gasteiger charge is 2.14. The molecule has 0 aliphatic carbocycles. The number of nitrogens with one attached hydrogen (secondary N) is 1. The minimum absolute atomic E-state index is 0.154. The summed E-state index contributed by atoms with van der Waals surface area (Å²) in [7, 11) is -3.64. The van der Waals surface area contributed by atoms with E-state index in [0.717, 1.165) is 22.3 Å². The second kappa shape index (κ2) is 9.12. The molecule has 4 aromatic rings. The van der Waals surface area contributed by atoms with Crippen LogP contribution in [-0.4, -0.2) is 13.4 Å². The van der Waals surface area contributed by atoms with Crippen LogP contribution < -0.4 is 9.46 Å². The number of rotatable bonds is 7. The van der Waals surface area contributed by atoms with Gasteiger partial charge in [-0.2, -0.15) is 0 Å². The Morgan fingerprint density at radius 3 is 2.39 bits per heavy atom. The van der Waals surface area contributed by atoms with E-state index in [9.17, 15) is 8.42 Å². The SMILES string of the molecule is Cc1cccc(-c2ccc(S(=O)(=O)NCc3cccc(Oc4ccccn4)c3)cc2)c1. The molecule has 3 aromatic carbocycles. The van der Waals surface area contributed by atoms with Crippen LogP contribution >= 0.6 is 0 Å². The highest BCUT2D eigenvalue weighted by atomic mass is 32.2. The molecule has 0 saturated carbocycles. The lowest BCUT2D eigenvalue weighted by Gasteiger charge is -2.10. The van der Waals surface area contributed by atoms with E-state index in [1.54, 1.807) is 36.5 Å². The Hall–Kier alpha value is -3.48. The fraction of sp³-hybridized carbons (Fsp3) is 0.0800. The third kappa shape index (κ3) is 5.36. The molecule has 0 aliphatic heterocycles. The number of hydrogen-bond acceptors (Lipinski definition) is 4. The molecule has 0 radical (unpaired) electrons. The van der Waals surface area contributed by atoms with Gasteiger partial charge < -0.3 is 4.74 Å². The monoisotopic (exact) mass is 430 g/mol. The number of pyridine rings is 1. The molecular weight excluding hydrogens is 408 g/mol. The Kier molecular flexibility index (Phi) is 6.11. The lowest BCUT2D eigenvalue weighted by molar-refractivity contribution is 0.462. The van der Waals surface area contributed by atoms with Gasteiger partial charge >= 0.3 is 0 Å². The molecule has 5 nitrogen and oxygen atoms in total. The van der Waals surface area contributed by atoms with Crippen LogP contribution in [0.3, 0.4) is 0 Å². The number of sulfonamides is 1. The van der Waals surface area contributed by atoms with Crippen molar-refractivity contribution >= 4 is 10.0 Å². The van der Waals surface area contributed by atoms with Crippen molar-refractivity contribution in [2.45, 2.75) is 18.4 Å². The molecule has 0 spiro atoms. The van der Waals surface area contributed by atoms with Gasteiger partial charge in [-0.3, -0.25) is 0 Å². The lowest BCUT2D eigenvalue weighted by Crippen LogP contribution is -2.23. The fourth-order valence-electron chi connectivity index (χ4n) is 3.16. The van der Waals surface area contributed by atoms with Crippen molar-refractivity contribution in [3.8, 4) is 22.8 Å². The van der Waals surface area contributed by atoms with Gasteiger partial charge in [0.05, 0.1) is 4.90 Å². The average Bonchev–Trinajstić information content (AvgIpc) is 2.79. The molecule has 1 aromatic heterocycles. The maximum absolute atomic E-state index is 12.7. The first-order chi connectivity index (χ1) is 15.0. The van der Waals surface area contributed by atoms with Crippen LogP contribution in [0.2, 0.25) is 0 Å². The summed E-state index contributed by atoms with van der Waals surface area (Å²) in [5.41, 5.74) is 3.97. The van der Waals surface area contributed by atoms with Crippen LogP contribution in [0.25, 0.3) is 11.1 Å². The van der Waals surface area contributed by atoms with E-state index in [4.69, 9.17) is 4.74 Å². The van der Waals surface area contributed by atoms with Crippen molar-refractivity contribution in [1.82, 2.24) is 9.71 Å². The van der Waals surface area contributed by atoms with Crippen LogP contribution in [0, 0.1) is 6.92 Å². The molecule has 1 N–H and O–H groups in total. The van der Waals surface area contributed by atoms with Gasteiger partial charge in [-0.05, 0) is 53.9 Å². The second-order valence-corrected chi connectivity index (χ2v) is 8.90. The Balaban J connectivity index is 1.44. The molecule has 156 valence electrons. The zero-order chi connectivity index (χ0) is 21.7. The van der Waals surface area contributed by atoms with E-state index in [-0.39, 0.29) is 11.4 Å². The smallest absolute Gasteiger partial charge is 0.240 e. The topological polar surface area (TPSA) is 68.3 Å². The summed E-state index contributed by atoms with van der Waals surface area (Å²) in [4.78, 5) is 4.36. The Labute approximate surface area is 182 Å². The number of nitrogens with zero attached hydrogens (tertiary/aromatic N) is 1. The quantitative estimate of drug-likeness (QED) is 0.430. The van der Waals surface area contributed by atoms with Crippen molar-refractivity contribution in [3.63, 3.8) is 0 Å². The zero-order valence-corrected chi connectivity index (χ0v) is 17.8. The summed E-state index contributed by atoms with van der Waals surface area (Å²) < 4.78 is 33.8. The highest BCUT2D eigenvalue weighted by molar-refractivity contribution is 7.89. The molecule has 31 heavy (non-hydrogen) atoms. The van der Waals surface area contributed by atoms with Gasteiger partial charge in [0.1, 0.15) is 5.75 Å². The molecule has 4 rings (SSSR count). The average molecular weight is 431 g/mol. The fourth-order valence-corrected chi connectivity index (χ4v) is 4.18.